The maximum absolute atomic E-state index is 4.50. The topological polar surface area (TPSA) is 42.7 Å². The van der Waals surface area contributed by atoms with Crippen LogP contribution in [0.4, 0.5) is 11.4 Å². The summed E-state index contributed by atoms with van der Waals surface area (Å²) in [4.78, 5) is 0. The fourth-order valence-electron chi connectivity index (χ4n) is 3.43. The van der Waals surface area contributed by atoms with E-state index in [1.54, 1.807) is 0 Å². The van der Waals surface area contributed by atoms with Crippen LogP contribution in [0.5, 0.6) is 0 Å². The van der Waals surface area contributed by atoms with Crippen molar-refractivity contribution >= 4 is 22.4 Å². The van der Waals surface area contributed by atoms with Crippen molar-refractivity contribution in [3.63, 3.8) is 0 Å². The summed E-state index contributed by atoms with van der Waals surface area (Å²) in [6.07, 6.45) is 0. The first-order chi connectivity index (χ1) is 13.9. The quantitative estimate of drug-likeness (QED) is 0.437. The lowest BCUT2D eigenvalue weighted by molar-refractivity contribution is 0.824. The summed E-state index contributed by atoms with van der Waals surface area (Å²) < 4.78 is 1.88. The molecule has 0 amide bonds. The number of fused-ring (bicyclic) bond motifs is 1. The van der Waals surface area contributed by atoms with Crippen LogP contribution in [-0.2, 0) is 0 Å². The second-order valence-corrected chi connectivity index (χ2v) is 6.55. The van der Waals surface area contributed by atoms with Crippen molar-refractivity contribution in [1.29, 1.82) is 0 Å². The van der Waals surface area contributed by atoms with Crippen LogP contribution in [0.15, 0.2) is 103 Å². The summed E-state index contributed by atoms with van der Waals surface area (Å²) in [5, 5.41) is 12.4. The molecule has 0 atom stereocenters. The van der Waals surface area contributed by atoms with Crippen LogP contribution < -0.4 is 5.32 Å². The van der Waals surface area contributed by atoms with Gasteiger partial charge in [-0.2, -0.15) is 0 Å². The van der Waals surface area contributed by atoms with E-state index in [-0.39, 0.29) is 0 Å². The lowest BCUT2D eigenvalue weighted by Gasteiger charge is -2.12. The van der Waals surface area contributed by atoms with Gasteiger partial charge in [-0.15, -0.1) is 5.10 Å². The summed E-state index contributed by atoms with van der Waals surface area (Å²) >= 11 is 0. The largest absolute Gasteiger partial charge is 0.355 e. The van der Waals surface area contributed by atoms with Crippen molar-refractivity contribution in [3.8, 4) is 16.8 Å². The number of hydrogen-bond donors (Lipinski definition) is 1. The Bertz CT molecular complexity index is 1230. The fraction of sp³-hybridized carbons (Fsp3) is 0. The molecule has 4 nitrogen and oxygen atoms in total. The Kier molecular flexibility index (Phi) is 4.07. The van der Waals surface area contributed by atoms with Gasteiger partial charge < -0.3 is 5.32 Å². The average molecular weight is 362 g/mol. The molecule has 5 rings (SSSR count). The van der Waals surface area contributed by atoms with E-state index in [0.29, 0.717) is 0 Å². The monoisotopic (exact) mass is 362 g/mol. The maximum atomic E-state index is 4.50. The van der Waals surface area contributed by atoms with Gasteiger partial charge in [0.05, 0.1) is 11.2 Å². The molecular formula is C24H18N4. The molecule has 0 saturated carbocycles. The predicted molar refractivity (Wildman–Crippen MR) is 114 cm³/mol. The van der Waals surface area contributed by atoms with Crippen LogP contribution in [0.3, 0.4) is 0 Å². The Balaban J connectivity index is 1.64. The van der Waals surface area contributed by atoms with E-state index in [9.17, 15) is 0 Å². The van der Waals surface area contributed by atoms with Gasteiger partial charge >= 0.3 is 0 Å². The van der Waals surface area contributed by atoms with E-state index in [1.807, 2.05) is 65.3 Å². The van der Waals surface area contributed by atoms with Gasteiger partial charge in [0.1, 0.15) is 5.52 Å². The Morgan fingerprint density at radius 2 is 1.29 bits per heavy atom. The van der Waals surface area contributed by atoms with Gasteiger partial charge in [0, 0.05) is 22.5 Å². The molecule has 0 aliphatic heterocycles. The number of nitrogens with one attached hydrogen (secondary N) is 1. The summed E-state index contributed by atoms with van der Waals surface area (Å²) in [6.45, 7) is 0. The van der Waals surface area contributed by atoms with Crippen LogP contribution in [0.25, 0.3) is 27.8 Å². The molecule has 4 heteroatoms. The molecule has 0 bridgehead atoms. The van der Waals surface area contributed by atoms with E-state index >= 15 is 0 Å². The Morgan fingerprint density at radius 1 is 0.607 bits per heavy atom. The lowest BCUT2D eigenvalue weighted by Crippen LogP contribution is -1.96. The highest BCUT2D eigenvalue weighted by Crippen LogP contribution is 2.34. The van der Waals surface area contributed by atoms with E-state index < -0.39 is 0 Å². The van der Waals surface area contributed by atoms with Gasteiger partial charge in [-0.1, -0.05) is 71.9 Å². The van der Waals surface area contributed by atoms with E-state index in [4.69, 9.17) is 0 Å². The number of anilines is 2. The smallest absolute Gasteiger partial charge is 0.121 e. The molecular weight excluding hydrogens is 344 g/mol. The number of benzene rings is 4. The molecule has 5 aromatic rings. The third-order valence-corrected chi connectivity index (χ3v) is 4.75. The standard InChI is InChI=1S/C24H18N4/c1-3-10-18(11-4-1)25-22-16-8-7-14-20(22)21-15-9-17-23-24(21)26-27-28(23)19-12-5-2-6-13-19/h1-17,25H. The number of rotatable bonds is 4. The molecule has 0 unspecified atom stereocenters. The molecule has 134 valence electrons. The molecule has 0 fully saturated rings. The van der Waals surface area contributed by atoms with Gasteiger partial charge in [-0.3, -0.25) is 0 Å². The minimum absolute atomic E-state index is 0.883. The SMILES string of the molecule is c1ccc(Nc2ccccc2-c2cccc3c2nnn3-c2ccccc2)cc1. The first-order valence-electron chi connectivity index (χ1n) is 9.21. The highest BCUT2D eigenvalue weighted by atomic mass is 15.4. The zero-order valence-corrected chi connectivity index (χ0v) is 15.2. The molecule has 28 heavy (non-hydrogen) atoms. The molecule has 0 spiro atoms. The summed E-state index contributed by atoms with van der Waals surface area (Å²) in [7, 11) is 0. The van der Waals surface area contributed by atoms with E-state index in [1.165, 1.54) is 0 Å². The normalized spacial score (nSPS) is 10.9. The minimum Gasteiger partial charge on any atom is -0.355 e. The van der Waals surface area contributed by atoms with E-state index in [2.05, 4.69) is 58.1 Å². The second kappa shape index (κ2) is 7.00. The number of para-hydroxylation sites is 3. The number of hydrogen-bond acceptors (Lipinski definition) is 3. The van der Waals surface area contributed by atoms with Crippen molar-refractivity contribution in [3.05, 3.63) is 103 Å². The van der Waals surface area contributed by atoms with Gasteiger partial charge in [-0.25, -0.2) is 4.68 Å². The molecule has 0 aliphatic rings. The zero-order chi connectivity index (χ0) is 18.8. The minimum atomic E-state index is 0.883. The van der Waals surface area contributed by atoms with Crippen molar-refractivity contribution in [1.82, 2.24) is 15.0 Å². The molecule has 0 radical (unpaired) electrons. The van der Waals surface area contributed by atoms with Gasteiger partial charge in [-0.05, 0) is 36.4 Å². The highest BCUT2D eigenvalue weighted by Gasteiger charge is 2.14. The van der Waals surface area contributed by atoms with Crippen LogP contribution in [0, 0.1) is 0 Å². The maximum Gasteiger partial charge on any atom is 0.121 e. The molecule has 0 aliphatic carbocycles. The highest BCUT2D eigenvalue weighted by molar-refractivity contribution is 5.96. The second-order valence-electron chi connectivity index (χ2n) is 6.55. The van der Waals surface area contributed by atoms with Crippen molar-refractivity contribution < 1.29 is 0 Å². The van der Waals surface area contributed by atoms with Crippen molar-refractivity contribution in [2.24, 2.45) is 0 Å². The van der Waals surface area contributed by atoms with Crippen LogP contribution in [0.1, 0.15) is 0 Å². The van der Waals surface area contributed by atoms with Crippen molar-refractivity contribution in [2.45, 2.75) is 0 Å². The number of nitrogens with zero attached hydrogens (tertiary/aromatic N) is 3. The zero-order valence-electron chi connectivity index (χ0n) is 15.2. The lowest BCUT2D eigenvalue weighted by atomic mass is 10.0. The predicted octanol–water partition coefficient (Wildman–Crippen LogP) is 5.83. The average Bonchev–Trinajstić information content (AvgIpc) is 3.20. The summed E-state index contributed by atoms with van der Waals surface area (Å²) in [5.74, 6) is 0. The van der Waals surface area contributed by atoms with Crippen LogP contribution >= 0.6 is 0 Å². The van der Waals surface area contributed by atoms with Crippen LogP contribution in [-0.4, -0.2) is 15.0 Å². The summed E-state index contributed by atoms with van der Waals surface area (Å²) in [6, 6.07) is 34.7. The fourth-order valence-corrected chi connectivity index (χ4v) is 3.43. The third-order valence-electron chi connectivity index (χ3n) is 4.75. The van der Waals surface area contributed by atoms with E-state index in [0.717, 1.165) is 39.2 Å². The van der Waals surface area contributed by atoms with Gasteiger partial charge in [0.2, 0.25) is 0 Å². The number of aromatic nitrogens is 3. The van der Waals surface area contributed by atoms with Gasteiger partial charge in [0.15, 0.2) is 0 Å². The third kappa shape index (κ3) is 2.91. The molecule has 1 aromatic heterocycles. The van der Waals surface area contributed by atoms with Gasteiger partial charge in [0.25, 0.3) is 0 Å². The molecule has 1 N–H and O–H groups in total. The Morgan fingerprint density at radius 3 is 2.11 bits per heavy atom. The Hall–Kier alpha value is -3.92. The van der Waals surface area contributed by atoms with Crippen LogP contribution in [0.2, 0.25) is 0 Å². The summed E-state index contributed by atoms with van der Waals surface area (Å²) in [5.41, 5.74) is 7.10. The first-order valence-corrected chi connectivity index (χ1v) is 9.21. The Labute approximate surface area is 163 Å². The molecule has 0 saturated heterocycles. The molecule has 1 heterocycles. The molecule has 4 aromatic carbocycles. The van der Waals surface area contributed by atoms with Crippen molar-refractivity contribution in [2.75, 3.05) is 5.32 Å². The first kappa shape index (κ1) is 16.3.